The van der Waals surface area contributed by atoms with Crippen LogP contribution in [0.4, 0.5) is 11.6 Å². The maximum atomic E-state index is 13.2. The number of nitrogens with zero attached hydrogens (tertiary/aromatic N) is 8. The average Bonchev–Trinajstić information content (AvgIpc) is 4.04. The first kappa shape index (κ1) is 42.1. The third-order valence-electron chi connectivity index (χ3n) is 14.6. The van der Waals surface area contributed by atoms with Crippen LogP contribution >= 0.6 is 0 Å². The molecule has 6 aliphatic heterocycles. The molecule has 18 heteroatoms. The van der Waals surface area contributed by atoms with Gasteiger partial charge in [0.25, 0.3) is 0 Å². The number of aliphatic imine (C=N–C) groups is 2. The molecule has 6 aliphatic rings. The van der Waals surface area contributed by atoms with Crippen molar-refractivity contribution in [3.8, 4) is 0 Å². The van der Waals surface area contributed by atoms with E-state index in [1.54, 1.807) is 0 Å². The van der Waals surface area contributed by atoms with Gasteiger partial charge in [0.2, 0.25) is 0 Å². The quantitative estimate of drug-likeness (QED) is 0.0652. The van der Waals surface area contributed by atoms with Crippen molar-refractivity contribution in [2.24, 2.45) is 25.7 Å². The van der Waals surface area contributed by atoms with Gasteiger partial charge in [0, 0.05) is 0 Å². The summed E-state index contributed by atoms with van der Waals surface area (Å²) >= 11 is 0. The van der Waals surface area contributed by atoms with Gasteiger partial charge in [-0.05, 0) is 0 Å². The van der Waals surface area contributed by atoms with E-state index in [0.29, 0.717) is 97.2 Å². The molecule has 0 saturated carbocycles. The molecule has 342 valence electrons. The SMILES string of the molecule is COC(=O)CCCCC(=O)NCCC[Si](C)(C)O[Si-2]123(O[Si](C)(C)CCCN)n4c5c6ccccc6c4N=C4c6ccccc6C(=[N+]41)N=c1c4ccccc4c(n12)=NC1=[N+]3C(=N5)c2ccccc21. The van der Waals surface area contributed by atoms with Crippen LogP contribution in [-0.4, -0.2) is 96.8 Å². The van der Waals surface area contributed by atoms with Gasteiger partial charge in [-0.2, -0.15) is 0 Å². The number of hydrogen-bond donors (Lipinski definition) is 2. The van der Waals surface area contributed by atoms with Crippen molar-refractivity contribution in [1.82, 2.24) is 13.8 Å². The predicted octanol–water partition coefficient (Wildman–Crippen LogP) is 6.36. The van der Waals surface area contributed by atoms with Gasteiger partial charge < -0.3 is 4.74 Å². The van der Waals surface area contributed by atoms with Crippen molar-refractivity contribution in [1.29, 1.82) is 0 Å². The fraction of sp³-hybridized carbons (Fsp3) is 0.306. The van der Waals surface area contributed by atoms with Gasteiger partial charge >= 0.3 is 374 Å². The summed E-state index contributed by atoms with van der Waals surface area (Å²) in [6.45, 7) is 10.2. The van der Waals surface area contributed by atoms with Crippen LogP contribution in [0.3, 0.4) is 0 Å². The Hall–Kier alpha value is -6.29. The first-order valence-corrected chi connectivity index (χ1v) is 32.4. The molecular weight excluding hydrogens is 893 g/mol. The second-order valence-corrected chi connectivity index (χ2v) is 34.1. The summed E-state index contributed by atoms with van der Waals surface area (Å²) in [6.07, 6.45) is 3.25. The summed E-state index contributed by atoms with van der Waals surface area (Å²) in [5.74, 6) is 3.96. The van der Waals surface area contributed by atoms with E-state index in [0.717, 1.165) is 56.3 Å². The van der Waals surface area contributed by atoms with Crippen molar-refractivity contribution in [3.63, 3.8) is 0 Å². The molecule has 8 heterocycles. The molecule has 0 fully saturated rings. The molecule has 0 atom stereocenters. The van der Waals surface area contributed by atoms with Gasteiger partial charge in [0.15, 0.2) is 0 Å². The maximum absolute atomic E-state index is 13.2. The molecule has 1 spiro atoms. The molecule has 3 N–H and O–H groups in total. The molecule has 15 nitrogen and oxygen atoms in total. The number of unbranched alkanes of at least 4 members (excludes halogenated alkanes) is 1. The average molecular weight is 947 g/mol. The Balaban J connectivity index is 1.21. The van der Waals surface area contributed by atoms with Crippen LogP contribution in [0.15, 0.2) is 117 Å². The number of aromatic nitrogens is 2. The first-order chi connectivity index (χ1) is 32.3. The minimum atomic E-state index is -6.75. The van der Waals surface area contributed by atoms with Gasteiger partial charge in [0.1, 0.15) is 0 Å². The van der Waals surface area contributed by atoms with Crippen molar-refractivity contribution in [2.45, 2.75) is 76.8 Å². The Bertz CT molecular complexity index is 3360. The summed E-state index contributed by atoms with van der Waals surface area (Å²) in [5, 5.41) is 6.93. The molecule has 0 aliphatic carbocycles. The number of hydrogen-bond acceptors (Lipinski definition) is 10. The van der Waals surface area contributed by atoms with Crippen LogP contribution in [0.25, 0.3) is 21.5 Å². The zero-order chi connectivity index (χ0) is 46.2. The van der Waals surface area contributed by atoms with Crippen LogP contribution in [0.5, 0.6) is 0 Å². The van der Waals surface area contributed by atoms with Gasteiger partial charge in [-0.15, -0.1) is 0 Å². The molecule has 0 saturated heterocycles. The number of esters is 1. The molecular formula is C49H54N10O5Si3. The fourth-order valence-electron chi connectivity index (χ4n) is 12.3. The zero-order valence-corrected chi connectivity index (χ0v) is 41.5. The number of rotatable bonds is 16. The fourth-order valence-corrected chi connectivity index (χ4v) is 34.6. The number of ether oxygens (including phenoxy) is 1. The van der Waals surface area contributed by atoms with Crippen molar-refractivity contribution in [3.05, 3.63) is 130 Å². The van der Waals surface area contributed by atoms with Crippen LogP contribution in [0, 0.1) is 0 Å². The summed E-state index contributed by atoms with van der Waals surface area (Å²) in [6, 6.07) is 35.1. The van der Waals surface area contributed by atoms with Crippen LogP contribution in [-0.2, 0) is 22.6 Å². The summed E-state index contributed by atoms with van der Waals surface area (Å²) in [5.41, 5.74) is 11.6. The Kier molecular flexibility index (Phi) is 8.87. The normalized spacial score (nSPS) is 18.8. The van der Waals surface area contributed by atoms with Gasteiger partial charge in [-0.3, -0.25) is 4.79 Å². The van der Waals surface area contributed by atoms with Crippen LogP contribution < -0.4 is 22.0 Å². The van der Waals surface area contributed by atoms with E-state index in [-0.39, 0.29) is 11.9 Å². The number of nitrogens with one attached hydrogen (secondary N) is 1. The molecule has 0 radical (unpaired) electrons. The number of carbonyl (C=O) groups is 2. The number of amidine groups is 4. The number of methoxy groups -OCH3 is 1. The zero-order valence-electron chi connectivity index (χ0n) is 38.5. The van der Waals surface area contributed by atoms with E-state index in [1.165, 1.54) is 7.11 Å². The standard InChI is InChI=1S/C49H54N10O5Si3/c1-62-41(61)27-15-14-26-40(60)51-29-17-31-66(4,5)64-67(63-65(2,3)30-16-28-50)56-42-32-18-6-7-19-33(32)43(56)53-45-36-22-10-11-23-37(36)47(58(45)67)55-49-39-25-13-12-24-38(39)48(59(49)67)54-46-35-21-9-8-20-34(35)44(52-42)57(46)67/h6-13,18-25H,14-17,26-31,50H2,1-5H3,(H,51,60). The number of nitrogens with two attached hydrogens (primary N) is 1. The third kappa shape index (κ3) is 5.19. The Morgan fingerprint density at radius 2 is 1.07 bits per heavy atom. The minimum absolute atomic E-state index is 0.0404. The number of amides is 1. The van der Waals surface area contributed by atoms with E-state index < -0.39 is 24.4 Å². The van der Waals surface area contributed by atoms with Gasteiger partial charge in [0.05, 0.1) is 7.11 Å². The first-order valence-electron chi connectivity index (χ1n) is 23.5. The van der Waals surface area contributed by atoms with Gasteiger partial charge in [-0.25, -0.2) is 0 Å². The second-order valence-electron chi connectivity index (χ2n) is 19.8. The molecule has 0 unspecified atom stereocenters. The predicted molar refractivity (Wildman–Crippen MR) is 265 cm³/mol. The Morgan fingerprint density at radius 3 is 1.58 bits per heavy atom. The number of carbonyl (C=O) groups excluding carboxylic acids is 2. The van der Waals surface area contributed by atoms with E-state index in [4.69, 9.17) is 38.7 Å². The van der Waals surface area contributed by atoms with E-state index in [1.807, 2.05) is 0 Å². The molecule has 12 rings (SSSR count). The Labute approximate surface area is 389 Å². The van der Waals surface area contributed by atoms with Crippen molar-refractivity contribution >= 4 is 92.8 Å². The molecule has 4 aromatic carbocycles. The monoisotopic (exact) mass is 946 g/mol. The topological polar surface area (TPSA) is 165 Å². The van der Waals surface area contributed by atoms with Crippen molar-refractivity contribution < 1.29 is 31.0 Å². The summed E-state index contributed by atoms with van der Waals surface area (Å²) < 4.78 is 32.4. The van der Waals surface area contributed by atoms with Crippen LogP contribution in [0.2, 0.25) is 38.3 Å². The van der Waals surface area contributed by atoms with Crippen molar-refractivity contribution in [2.75, 3.05) is 20.2 Å². The molecule has 2 aromatic heterocycles. The van der Waals surface area contributed by atoms with Gasteiger partial charge in [-0.1, -0.05) is 0 Å². The summed E-state index contributed by atoms with van der Waals surface area (Å²) in [4.78, 5) is 48.0. The molecule has 67 heavy (non-hydrogen) atoms. The van der Waals surface area contributed by atoms with E-state index in [2.05, 4.69) is 146 Å². The second kappa shape index (κ2) is 14.1. The molecule has 6 aromatic rings. The molecule has 1 amide bonds. The number of fused-ring (bicyclic) bond motifs is 12. The summed E-state index contributed by atoms with van der Waals surface area (Å²) in [7, 11) is -11.6. The van der Waals surface area contributed by atoms with E-state index in [9.17, 15) is 9.59 Å². The number of benzene rings is 4. The Morgan fingerprint density at radius 1 is 0.612 bits per heavy atom. The molecule has 0 bridgehead atoms. The van der Waals surface area contributed by atoms with Crippen LogP contribution in [0.1, 0.15) is 60.8 Å². The third-order valence-corrected chi connectivity index (χ3v) is 31.3. The van der Waals surface area contributed by atoms with E-state index >= 15 is 0 Å².